The van der Waals surface area contributed by atoms with E-state index < -0.39 is 0 Å². The zero-order valence-electron chi connectivity index (χ0n) is 11.3. The fourth-order valence-electron chi connectivity index (χ4n) is 2.13. The van der Waals surface area contributed by atoms with Crippen molar-refractivity contribution in [3.05, 3.63) is 46.4 Å². The number of hydrogen-bond donors (Lipinski definition) is 1. The quantitative estimate of drug-likeness (QED) is 0.681. The highest BCUT2D eigenvalue weighted by Crippen LogP contribution is 2.27. The van der Waals surface area contributed by atoms with Crippen LogP contribution in [0.15, 0.2) is 24.5 Å². The average Bonchev–Trinajstić information content (AvgIpc) is 2.69. The summed E-state index contributed by atoms with van der Waals surface area (Å²) < 4.78 is 0. The maximum atomic E-state index is 12.0. The van der Waals surface area contributed by atoms with Crippen LogP contribution in [0, 0.1) is 6.92 Å². The highest BCUT2D eigenvalue weighted by atomic mass is 35.5. The average molecular weight is 303 g/mol. The Kier molecular flexibility index (Phi) is 3.10. The molecule has 2 amide bonds. The molecule has 1 N–H and O–H groups in total. The standard InChI is InChI=1S/C14H11ClN4O2/c1-7-11(15)16-6-17-12(7)18-8-3-4-9-10(5-8)14(21)19(2)13(9)20/h3-6H,1-2H3,(H,16,17,18). The molecule has 1 aromatic heterocycles. The van der Waals surface area contributed by atoms with Crippen molar-refractivity contribution < 1.29 is 9.59 Å². The molecule has 3 rings (SSSR count). The summed E-state index contributed by atoms with van der Waals surface area (Å²) in [6.45, 7) is 1.79. The fraction of sp³-hybridized carbons (Fsp3) is 0.143. The fourth-order valence-corrected chi connectivity index (χ4v) is 2.26. The third kappa shape index (κ3) is 2.13. The van der Waals surface area contributed by atoms with E-state index in [9.17, 15) is 9.59 Å². The van der Waals surface area contributed by atoms with Crippen molar-refractivity contribution in [2.45, 2.75) is 6.92 Å². The van der Waals surface area contributed by atoms with E-state index in [4.69, 9.17) is 11.6 Å². The monoisotopic (exact) mass is 302 g/mol. The second kappa shape index (κ2) is 4.82. The van der Waals surface area contributed by atoms with E-state index in [1.165, 1.54) is 13.4 Å². The molecule has 1 aliphatic heterocycles. The second-order valence-corrected chi connectivity index (χ2v) is 5.05. The molecule has 0 saturated carbocycles. The van der Waals surface area contributed by atoms with Crippen LogP contribution in [0.2, 0.25) is 5.15 Å². The van der Waals surface area contributed by atoms with Crippen molar-refractivity contribution in [1.29, 1.82) is 0 Å². The smallest absolute Gasteiger partial charge is 0.261 e. The van der Waals surface area contributed by atoms with Gasteiger partial charge < -0.3 is 5.32 Å². The molecule has 0 unspecified atom stereocenters. The normalized spacial score (nSPS) is 13.6. The molecule has 0 atom stereocenters. The van der Waals surface area contributed by atoms with Crippen molar-refractivity contribution in [3.8, 4) is 0 Å². The Balaban J connectivity index is 1.98. The molecule has 1 aliphatic rings. The zero-order valence-corrected chi connectivity index (χ0v) is 12.1. The van der Waals surface area contributed by atoms with Crippen molar-refractivity contribution in [3.63, 3.8) is 0 Å². The van der Waals surface area contributed by atoms with Crippen LogP contribution in [0.1, 0.15) is 26.3 Å². The van der Waals surface area contributed by atoms with E-state index in [0.717, 1.165) is 4.90 Å². The first kappa shape index (κ1) is 13.5. The highest BCUT2D eigenvalue weighted by molar-refractivity contribution is 6.30. The molecule has 2 heterocycles. The predicted molar refractivity (Wildman–Crippen MR) is 77.9 cm³/mol. The molecule has 1 aromatic carbocycles. The molecule has 0 saturated heterocycles. The number of hydrogen-bond acceptors (Lipinski definition) is 5. The number of fused-ring (bicyclic) bond motifs is 1. The SMILES string of the molecule is Cc1c(Cl)ncnc1Nc1ccc2c(c1)C(=O)N(C)C2=O. The molecule has 6 nitrogen and oxygen atoms in total. The molecular formula is C14H11ClN4O2. The van der Waals surface area contributed by atoms with Gasteiger partial charge in [0.05, 0.1) is 11.1 Å². The Morgan fingerprint density at radius 3 is 2.62 bits per heavy atom. The lowest BCUT2D eigenvalue weighted by Crippen LogP contribution is -2.24. The van der Waals surface area contributed by atoms with E-state index >= 15 is 0 Å². The second-order valence-electron chi connectivity index (χ2n) is 4.69. The summed E-state index contributed by atoms with van der Waals surface area (Å²) in [7, 11) is 1.46. The van der Waals surface area contributed by atoms with Crippen molar-refractivity contribution in [2.75, 3.05) is 12.4 Å². The van der Waals surface area contributed by atoms with E-state index in [1.807, 2.05) is 0 Å². The Labute approximate surface area is 125 Å². The van der Waals surface area contributed by atoms with Crippen LogP contribution in [0.25, 0.3) is 0 Å². The van der Waals surface area contributed by atoms with Gasteiger partial charge in [0.15, 0.2) is 0 Å². The van der Waals surface area contributed by atoms with Gasteiger partial charge in [-0.1, -0.05) is 11.6 Å². The minimum absolute atomic E-state index is 0.289. The summed E-state index contributed by atoms with van der Waals surface area (Å²) in [5.41, 5.74) is 2.15. The van der Waals surface area contributed by atoms with Crippen molar-refractivity contribution in [1.82, 2.24) is 14.9 Å². The molecule has 0 spiro atoms. The van der Waals surface area contributed by atoms with Gasteiger partial charge in [0.1, 0.15) is 17.3 Å². The van der Waals surface area contributed by atoms with Crippen molar-refractivity contribution >= 4 is 34.9 Å². The van der Waals surface area contributed by atoms with Gasteiger partial charge in [-0.15, -0.1) is 0 Å². The summed E-state index contributed by atoms with van der Waals surface area (Å²) in [5.74, 6) is -0.0426. The topological polar surface area (TPSA) is 75.2 Å². The number of amides is 2. The Morgan fingerprint density at radius 1 is 1.14 bits per heavy atom. The number of anilines is 2. The number of nitrogens with zero attached hydrogens (tertiary/aromatic N) is 3. The number of imide groups is 1. The van der Waals surface area contributed by atoms with Gasteiger partial charge in [-0.05, 0) is 25.1 Å². The van der Waals surface area contributed by atoms with E-state index in [0.29, 0.717) is 33.3 Å². The summed E-state index contributed by atoms with van der Waals surface area (Å²) in [5, 5.41) is 3.44. The third-order valence-corrected chi connectivity index (χ3v) is 3.76. The molecule has 0 bridgehead atoms. The molecule has 0 radical (unpaired) electrons. The first-order valence-electron chi connectivity index (χ1n) is 6.19. The minimum atomic E-state index is -0.309. The lowest BCUT2D eigenvalue weighted by atomic mass is 10.1. The number of nitrogens with one attached hydrogen (secondary N) is 1. The van der Waals surface area contributed by atoms with E-state index in [1.54, 1.807) is 25.1 Å². The maximum absolute atomic E-state index is 12.0. The summed E-state index contributed by atoms with van der Waals surface area (Å²) in [6, 6.07) is 4.98. The van der Waals surface area contributed by atoms with Crippen LogP contribution in [-0.2, 0) is 0 Å². The van der Waals surface area contributed by atoms with Gasteiger partial charge in [-0.3, -0.25) is 14.5 Å². The van der Waals surface area contributed by atoms with Crippen LogP contribution in [-0.4, -0.2) is 33.7 Å². The molecular weight excluding hydrogens is 292 g/mol. The van der Waals surface area contributed by atoms with Crippen molar-refractivity contribution in [2.24, 2.45) is 0 Å². The molecule has 0 aliphatic carbocycles. The van der Waals surface area contributed by atoms with Gasteiger partial charge in [-0.2, -0.15) is 0 Å². The molecule has 0 fully saturated rings. The van der Waals surface area contributed by atoms with Crippen LogP contribution < -0.4 is 5.32 Å². The number of halogens is 1. The third-order valence-electron chi connectivity index (χ3n) is 3.37. The molecule has 106 valence electrons. The summed E-state index contributed by atoms with van der Waals surface area (Å²) >= 11 is 5.94. The largest absolute Gasteiger partial charge is 0.340 e. The highest BCUT2D eigenvalue weighted by Gasteiger charge is 2.32. The van der Waals surface area contributed by atoms with Crippen LogP contribution in [0.5, 0.6) is 0 Å². The molecule has 2 aromatic rings. The Morgan fingerprint density at radius 2 is 1.86 bits per heavy atom. The predicted octanol–water partition coefficient (Wildman–Crippen LogP) is 2.41. The lowest BCUT2D eigenvalue weighted by molar-refractivity contribution is 0.0693. The van der Waals surface area contributed by atoms with Crippen LogP contribution >= 0.6 is 11.6 Å². The minimum Gasteiger partial charge on any atom is -0.340 e. The lowest BCUT2D eigenvalue weighted by Gasteiger charge is -2.09. The number of rotatable bonds is 2. The van der Waals surface area contributed by atoms with Gasteiger partial charge >= 0.3 is 0 Å². The summed E-state index contributed by atoms with van der Waals surface area (Å²) in [4.78, 5) is 32.9. The van der Waals surface area contributed by atoms with Gasteiger partial charge in [-0.25, -0.2) is 9.97 Å². The van der Waals surface area contributed by atoms with Gasteiger partial charge in [0.2, 0.25) is 0 Å². The number of carbonyl (C=O) groups excluding carboxylic acids is 2. The van der Waals surface area contributed by atoms with E-state index in [-0.39, 0.29) is 11.8 Å². The Bertz CT molecular complexity index is 776. The molecule has 21 heavy (non-hydrogen) atoms. The summed E-state index contributed by atoms with van der Waals surface area (Å²) in [6.07, 6.45) is 1.35. The maximum Gasteiger partial charge on any atom is 0.261 e. The number of benzene rings is 1. The van der Waals surface area contributed by atoms with Crippen LogP contribution in [0.4, 0.5) is 11.5 Å². The first-order chi connectivity index (χ1) is 9.99. The number of carbonyl (C=O) groups is 2. The zero-order chi connectivity index (χ0) is 15.1. The van der Waals surface area contributed by atoms with Crippen LogP contribution in [0.3, 0.4) is 0 Å². The first-order valence-corrected chi connectivity index (χ1v) is 6.57. The molecule has 7 heteroatoms. The van der Waals surface area contributed by atoms with Gasteiger partial charge in [0.25, 0.3) is 11.8 Å². The number of aromatic nitrogens is 2. The van der Waals surface area contributed by atoms with E-state index in [2.05, 4.69) is 15.3 Å². The van der Waals surface area contributed by atoms with Gasteiger partial charge in [0, 0.05) is 18.3 Å². The Hall–Kier alpha value is -2.47.